The molecule has 0 spiro atoms. The number of aromatic nitrogens is 3. The molecular formula is C8H6BrN3. The second-order valence-electron chi connectivity index (χ2n) is 1.89. The highest BCUT2D eigenvalue weighted by atomic mass is 79.9. The monoisotopic (exact) mass is 229 g/mol. The predicted molar refractivity (Wildman–Crippen MR) is 49.1 cm³/mol. The Balaban J connectivity index is 2.83. The third-order valence-electron chi connectivity index (χ3n) is 1.18. The van der Waals surface area contributed by atoms with E-state index in [2.05, 4.69) is 25.9 Å². The lowest BCUT2D eigenvalue weighted by molar-refractivity contribution is 1.03. The minimum absolute atomic E-state index is 0.0306. The van der Waals surface area contributed by atoms with Crippen molar-refractivity contribution in [2.45, 2.75) is 0 Å². The minimum atomic E-state index is -0.396. The smallest absolute Gasteiger partial charge is 0.105 e. The van der Waals surface area contributed by atoms with E-state index < -0.39 is 12.5 Å². The maximum absolute atomic E-state index is 7.67. The summed E-state index contributed by atoms with van der Waals surface area (Å²) in [6.45, 7) is 0. The molecule has 0 saturated carbocycles. The summed E-state index contributed by atoms with van der Waals surface area (Å²) in [7, 11) is 0. The molecule has 2 heterocycles. The van der Waals surface area contributed by atoms with Crippen LogP contribution in [0.25, 0.3) is 5.69 Å². The molecule has 0 aromatic carbocycles. The fourth-order valence-electron chi connectivity index (χ4n) is 0.695. The van der Waals surface area contributed by atoms with Gasteiger partial charge in [0.25, 0.3) is 0 Å². The number of pyridine rings is 1. The topological polar surface area (TPSA) is 30.7 Å². The summed E-state index contributed by atoms with van der Waals surface area (Å²) >= 11 is 3.05. The Hall–Kier alpha value is -1.16. The zero-order valence-electron chi connectivity index (χ0n) is 11.7. The average molecular weight is 230 g/mol. The van der Waals surface area contributed by atoms with Crippen LogP contribution >= 0.6 is 15.9 Å². The Bertz CT molecular complexity index is 640. The van der Waals surface area contributed by atoms with Crippen LogP contribution in [0.4, 0.5) is 0 Å². The predicted octanol–water partition coefficient (Wildman–Crippen LogP) is 2.03. The summed E-state index contributed by atoms with van der Waals surface area (Å²) in [5.41, 5.74) is -0.0306. The second-order valence-corrected chi connectivity index (χ2v) is 2.69. The van der Waals surface area contributed by atoms with Crippen molar-refractivity contribution in [1.29, 1.82) is 0 Å². The lowest BCUT2D eigenvalue weighted by atomic mass is 10.4. The van der Waals surface area contributed by atoms with E-state index in [1.807, 2.05) is 0 Å². The Labute approximate surface area is 86.6 Å². The van der Waals surface area contributed by atoms with Crippen molar-refractivity contribution < 1.29 is 8.22 Å². The van der Waals surface area contributed by atoms with E-state index in [9.17, 15) is 0 Å². The standard InChI is InChI=1S/C8H6BrN3/c9-7-1-2-10-5-8(7)12-4-3-11-6-12/h1-6H/i1D,2D,3D,4D,5D,6D. The molecule has 0 bridgehead atoms. The highest BCUT2D eigenvalue weighted by Gasteiger charge is 1.99. The Morgan fingerprint density at radius 3 is 3.08 bits per heavy atom. The molecule has 0 unspecified atom stereocenters. The van der Waals surface area contributed by atoms with E-state index in [1.165, 1.54) is 0 Å². The van der Waals surface area contributed by atoms with Gasteiger partial charge in [-0.05, 0) is 22.0 Å². The summed E-state index contributed by atoms with van der Waals surface area (Å²) < 4.78 is 46.2. The van der Waals surface area contributed by atoms with Crippen molar-refractivity contribution in [2.24, 2.45) is 0 Å². The van der Waals surface area contributed by atoms with Crippen LogP contribution in [0, 0.1) is 0 Å². The van der Waals surface area contributed by atoms with Crippen LogP contribution in [0.3, 0.4) is 0 Å². The van der Waals surface area contributed by atoms with Crippen LogP contribution in [0.1, 0.15) is 8.22 Å². The van der Waals surface area contributed by atoms with Gasteiger partial charge in [-0.1, -0.05) is 0 Å². The molecular weight excluding hydrogens is 218 g/mol. The largest absolute Gasteiger partial charge is 0.304 e. The number of rotatable bonds is 1. The second kappa shape index (κ2) is 3.06. The average Bonchev–Trinajstić information content (AvgIpc) is 2.53. The number of halogens is 1. The molecule has 0 aliphatic rings. The molecule has 60 valence electrons. The molecule has 2 aromatic heterocycles. The van der Waals surface area contributed by atoms with Crippen molar-refractivity contribution in [3.05, 3.63) is 41.5 Å². The lowest BCUT2D eigenvalue weighted by Gasteiger charge is -2.02. The van der Waals surface area contributed by atoms with Gasteiger partial charge in [0.15, 0.2) is 0 Å². The molecule has 0 aliphatic carbocycles. The van der Waals surface area contributed by atoms with Crippen LogP contribution in [-0.2, 0) is 0 Å². The van der Waals surface area contributed by atoms with E-state index in [4.69, 9.17) is 8.22 Å². The molecule has 2 aromatic rings. The molecule has 0 radical (unpaired) electrons. The van der Waals surface area contributed by atoms with Crippen molar-refractivity contribution in [2.75, 3.05) is 0 Å². The highest BCUT2D eigenvalue weighted by Crippen LogP contribution is 2.18. The van der Waals surface area contributed by atoms with E-state index in [1.54, 1.807) is 0 Å². The summed E-state index contributed by atoms with van der Waals surface area (Å²) in [5, 5.41) is 0. The van der Waals surface area contributed by atoms with Crippen LogP contribution in [-0.4, -0.2) is 14.5 Å². The quantitative estimate of drug-likeness (QED) is 0.750. The van der Waals surface area contributed by atoms with Crippen molar-refractivity contribution in [1.82, 2.24) is 14.5 Å². The first kappa shape index (κ1) is 3.30. The minimum Gasteiger partial charge on any atom is -0.304 e. The molecule has 12 heavy (non-hydrogen) atoms. The SMILES string of the molecule is [2H]c1nc([2H])c(-n2c([2H])nc([2H])c2[2H])c(Br)c1[2H]. The molecule has 0 N–H and O–H groups in total. The Morgan fingerprint density at radius 2 is 2.33 bits per heavy atom. The zero-order chi connectivity index (χ0) is 13.6. The fourth-order valence-corrected chi connectivity index (χ4v) is 1.05. The van der Waals surface area contributed by atoms with E-state index in [0.717, 1.165) is 4.57 Å². The highest BCUT2D eigenvalue weighted by molar-refractivity contribution is 9.10. The van der Waals surface area contributed by atoms with Crippen LogP contribution in [0.15, 0.2) is 41.5 Å². The van der Waals surface area contributed by atoms with Crippen molar-refractivity contribution in [3.8, 4) is 5.69 Å². The fraction of sp³-hybridized carbons (Fsp3) is 0. The normalized spacial score (nSPS) is 17.1. The number of nitrogens with zero attached hydrogens (tertiary/aromatic N) is 3. The van der Waals surface area contributed by atoms with Gasteiger partial charge in [-0.15, -0.1) is 0 Å². The molecule has 0 aliphatic heterocycles. The first-order valence-electron chi connectivity index (χ1n) is 6.00. The van der Waals surface area contributed by atoms with Gasteiger partial charge in [-0.3, -0.25) is 4.98 Å². The van der Waals surface area contributed by atoms with Gasteiger partial charge in [0.2, 0.25) is 0 Å². The first-order chi connectivity index (χ1) is 8.34. The molecule has 0 atom stereocenters. The molecule has 0 fully saturated rings. The van der Waals surface area contributed by atoms with Crippen molar-refractivity contribution >= 4 is 15.9 Å². The van der Waals surface area contributed by atoms with Gasteiger partial charge in [0, 0.05) is 23.0 Å². The van der Waals surface area contributed by atoms with Gasteiger partial charge in [-0.2, -0.15) is 0 Å². The van der Waals surface area contributed by atoms with Crippen LogP contribution in [0.2, 0.25) is 0 Å². The third-order valence-corrected chi connectivity index (χ3v) is 1.76. The zero-order valence-corrected chi connectivity index (χ0v) is 7.31. The maximum atomic E-state index is 7.67. The first-order valence-corrected chi connectivity index (χ1v) is 3.80. The van der Waals surface area contributed by atoms with Crippen molar-refractivity contribution in [3.63, 3.8) is 0 Å². The molecule has 3 nitrogen and oxygen atoms in total. The Kier molecular flexibility index (Phi) is 0.842. The summed E-state index contributed by atoms with van der Waals surface area (Å²) in [6, 6.07) is -0.250. The van der Waals surface area contributed by atoms with Gasteiger partial charge in [-0.25, -0.2) is 4.98 Å². The van der Waals surface area contributed by atoms with Gasteiger partial charge >= 0.3 is 0 Å². The van der Waals surface area contributed by atoms with Crippen LogP contribution in [0.5, 0.6) is 0 Å². The molecule has 4 heteroatoms. The van der Waals surface area contributed by atoms with E-state index in [-0.39, 0.29) is 34.7 Å². The van der Waals surface area contributed by atoms with Crippen LogP contribution < -0.4 is 0 Å². The summed E-state index contributed by atoms with van der Waals surface area (Å²) in [5.74, 6) is 0. The van der Waals surface area contributed by atoms with Gasteiger partial charge in [0.05, 0.1) is 25.0 Å². The maximum Gasteiger partial charge on any atom is 0.105 e. The van der Waals surface area contributed by atoms with Gasteiger partial charge < -0.3 is 4.57 Å². The number of hydrogen-bond acceptors (Lipinski definition) is 2. The number of imidazole rings is 1. The lowest BCUT2D eigenvalue weighted by Crippen LogP contribution is -1.91. The van der Waals surface area contributed by atoms with Gasteiger partial charge in [0.1, 0.15) is 1.37 Å². The Morgan fingerprint density at radius 1 is 1.42 bits per heavy atom. The third kappa shape index (κ3) is 1.25. The number of hydrogen-bond donors (Lipinski definition) is 0. The summed E-state index contributed by atoms with van der Waals surface area (Å²) in [6.07, 6.45) is -1.89. The molecule has 0 amide bonds. The molecule has 2 rings (SSSR count). The summed E-state index contributed by atoms with van der Waals surface area (Å²) in [4.78, 5) is 7.03. The molecule has 0 saturated heterocycles. The van der Waals surface area contributed by atoms with E-state index in [0.29, 0.717) is 0 Å². The van der Waals surface area contributed by atoms with E-state index >= 15 is 0 Å².